The average Bonchev–Trinajstić information content (AvgIpc) is 2.65. The SMILES string of the molecule is NCCN(CCc1ccccc1)C(=O)C1COc2ccccc2O1. The minimum atomic E-state index is -0.623. The first kappa shape index (κ1) is 16.3. The van der Waals surface area contributed by atoms with Crippen LogP contribution in [0.25, 0.3) is 0 Å². The van der Waals surface area contributed by atoms with Gasteiger partial charge in [0.1, 0.15) is 6.61 Å². The first-order chi connectivity index (χ1) is 11.8. The summed E-state index contributed by atoms with van der Waals surface area (Å²) in [4.78, 5) is 14.5. The maximum atomic E-state index is 12.8. The van der Waals surface area contributed by atoms with E-state index in [1.807, 2.05) is 42.5 Å². The molecule has 1 atom stereocenters. The Morgan fingerprint density at radius 3 is 2.50 bits per heavy atom. The molecule has 24 heavy (non-hydrogen) atoms. The van der Waals surface area contributed by atoms with Crippen LogP contribution < -0.4 is 15.2 Å². The van der Waals surface area contributed by atoms with Crippen molar-refractivity contribution in [2.24, 2.45) is 5.73 Å². The standard InChI is InChI=1S/C19H22N2O3/c20-11-13-21(12-10-15-6-2-1-3-7-15)19(22)18-14-23-16-8-4-5-9-17(16)24-18/h1-9,18H,10-14,20H2. The molecule has 126 valence electrons. The van der Waals surface area contributed by atoms with E-state index in [-0.39, 0.29) is 12.5 Å². The van der Waals surface area contributed by atoms with Crippen molar-refractivity contribution in [3.8, 4) is 11.5 Å². The van der Waals surface area contributed by atoms with Crippen molar-refractivity contribution in [1.29, 1.82) is 0 Å². The summed E-state index contributed by atoms with van der Waals surface area (Å²) in [7, 11) is 0. The molecule has 0 spiro atoms. The van der Waals surface area contributed by atoms with Crippen LogP contribution in [0.1, 0.15) is 5.56 Å². The number of nitrogens with zero attached hydrogens (tertiary/aromatic N) is 1. The quantitative estimate of drug-likeness (QED) is 0.880. The summed E-state index contributed by atoms with van der Waals surface area (Å²) in [6.45, 7) is 1.77. The Morgan fingerprint density at radius 2 is 1.75 bits per heavy atom. The van der Waals surface area contributed by atoms with Crippen LogP contribution in [0, 0.1) is 0 Å². The smallest absolute Gasteiger partial charge is 0.267 e. The Hall–Kier alpha value is -2.53. The number of benzene rings is 2. The van der Waals surface area contributed by atoms with Gasteiger partial charge in [0.05, 0.1) is 0 Å². The van der Waals surface area contributed by atoms with Gasteiger partial charge in [-0.2, -0.15) is 0 Å². The lowest BCUT2D eigenvalue weighted by Crippen LogP contribution is -2.48. The number of nitrogens with two attached hydrogens (primary N) is 1. The van der Waals surface area contributed by atoms with Gasteiger partial charge in [-0.05, 0) is 24.1 Å². The molecule has 0 saturated carbocycles. The maximum Gasteiger partial charge on any atom is 0.267 e. The van der Waals surface area contributed by atoms with Gasteiger partial charge in [0.25, 0.3) is 5.91 Å². The summed E-state index contributed by atoms with van der Waals surface area (Å²) in [5.74, 6) is 1.21. The lowest BCUT2D eigenvalue weighted by atomic mass is 10.1. The number of hydrogen-bond donors (Lipinski definition) is 1. The molecule has 2 aromatic rings. The molecule has 1 heterocycles. The average molecular weight is 326 g/mol. The van der Waals surface area contributed by atoms with Crippen molar-refractivity contribution in [2.75, 3.05) is 26.2 Å². The molecule has 1 aliphatic rings. The van der Waals surface area contributed by atoms with Crippen LogP contribution in [0.15, 0.2) is 54.6 Å². The summed E-state index contributed by atoms with van der Waals surface area (Å²) in [6.07, 6.45) is 0.165. The number of carbonyl (C=O) groups is 1. The molecular formula is C19H22N2O3. The van der Waals surface area contributed by atoms with E-state index in [9.17, 15) is 4.79 Å². The van der Waals surface area contributed by atoms with E-state index in [0.29, 0.717) is 31.1 Å². The van der Waals surface area contributed by atoms with Gasteiger partial charge in [-0.1, -0.05) is 42.5 Å². The van der Waals surface area contributed by atoms with E-state index in [1.165, 1.54) is 5.56 Å². The van der Waals surface area contributed by atoms with Gasteiger partial charge in [0, 0.05) is 19.6 Å². The van der Waals surface area contributed by atoms with Crippen molar-refractivity contribution >= 4 is 5.91 Å². The Bertz CT molecular complexity index is 675. The second-order valence-corrected chi connectivity index (χ2v) is 5.71. The fraction of sp³-hybridized carbons (Fsp3) is 0.316. The highest BCUT2D eigenvalue weighted by Crippen LogP contribution is 2.31. The summed E-state index contributed by atoms with van der Waals surface area (Å²) < 4.78 is 11.5. The Labute approximate surface area is 142 Å². The highest BCUT2D eigenvalue weighted by Gasteiger charge is 2.30. The number of amides is 1. The third-order valence-electron chi connectivity index (χ3n) is 4.01. The second kappa shape index (κ2) is 7.84. The number of para-hydroxylation sites is 2. The van der Waals surface area contributed by atoms with E-state index in [2.05, 4.69) is 12.1 Å². The fourth-order valence-corrected chi connectivity index (χ4v) is 2.74. The van der Waals surface area contributed by atoms with Crippen LogP contribution in [-0.2, 0) is 11.2 Å². The lowest BCUT2D eigenvalue weighted by Gasteiger charge is -2.30. The van der Waals surface area contributed by atoms with E-state index in [1.54, 1.807) is 4.90 Å². The fourth-order valence-electron chi connectivity index (χ4n) is 2.74. The number of ether oxygens (including phenoxy) is 2. The number of carbonyl (C=O) groups excluding carboxylic acids is 1. The van der Waals surface area contributed by atoms with Crippen LogP contribution >= 0.6 is 0 Å². The summed E-state index contributed by atoms with van der Waals surface area (Å²) in [5.41, 5.74) is 6.87. The van der Waals surface area contributed by atoms with Crippen molar-refractivity contribution in [2.45, 2.75) is 12.5 Å². The highest BCUT2D eigenvalue weighted by molar-refractivity contribution is 5.82. The van der Waals surface area contributed by atoms with E-state index < -0.39 is 6.10 Å². The van der Waals surface area contributed by atoms with Crippen molar-refractivity contribution < 1.29 is 14.3 Å². The molecule has 1 aliphatic heterocycles. The molecule has 0 saturated heterocycles. The van der Waals surface area contributed by atoms with Crippen molar-refractivity contribution in [3.63, 3.8) is 0 Å². The zero-order valence-electron chi connectivity index (χ0n) is 13.6. The number of fused-ring (bicyclic) bond motifs is 1. The Morgan fingerprint density at radius 1 is 1.04 bits per heavy atom. The first-order valence-electron chi connectivity index (χ1n) is 8.19. The van der Waals surface area contributed by atoms with Crippen LogP contribution in [0.4, 0.5) is 0 Å². The molecule has 0 bridgehead atoms. The Kier molecular flexibility index (Phi) is 5.33. The number of hydrogen-bond acceptors (Lipinski definition) is 4. The zero-order valence-corrected chi connectivity index (χ0v) is 13.6. The minimum absolute atomic E-state index is 0.0779. The summed E-state index contributed by atoms with van der Waals surface area (Å²) >= 11 is 0. The Balaban J connectivity index is 1.64. The van der Waals surface area contributed by atoms with Gasteiger partial charge in [0.15, 0.2) is 11.5 Å². The zero-order chi connectivity index (χ0) is 16.8. The molecule has 5 heteroatoms. The minimum Gasteiger partial charge on any atom is -0.485 e. The van der Waals surface area contributed by atoms with Gasteiger partial charge >= 0.3 is 0 Å². The summed E-state index contributed by atoms with van der Waals surface area (Å²) in [6, 6.07) is 17.5. The van der Waals surface area contributed by atoms with Gasteiger partial charge in [-0.3, -0.25) is 4.79 Å². The summed E-state index contributed by atoms with van der Waals surface area (Å²) in [5, 5.41) is 0. The molecule has 3 rings (SSSR count). The molecule has 0 aromatic heterocycles. The third-order valence-corrected chi connectivity index (χ3v) is 4.01. The molecule has 0 radical (unpaired) electrons. The maximum absolute atomic E-state index is 12.8. The topological polar surface area (TPSA) is 64.8 Å². The van der Waals surface area contributed by atoms with Gasteiger partial charge in [-0.15, -0.1) is 0 Å². The van der Waals surface area contributed by atoms with Crippen molar-refractivity contribution in [1.82, 2.24) is 4.90 Å². The normalized spacial score (nSPS) is 15.8. The third kappa shape index (κ3) is 3.86. The predicted molar refractivity (Wildman–Crippen MR) is 92.1 cm³/mol. The van der Waals surface area contributed by atoms with Crippen LogP contribution in [0.5, 0.6) is 11.5 Å². The molecule has 1 amide bonds. The predicted octanol–water partition coefficient (Wildman–Crippen LogP) is 1.86. The monoisotopic (exact) mass is 326 g/mol. The first-order valence-corrected chi connectivity index (χ1v) is 8.19. The van der Waals surface area contributed by atoms with Crippen LogP contribution in [0.3, 0.4) is 0 Å². The molecule has 2 aromatic carbocycles. The van der Waals surface area contributed by atoms with Crippen molar-refractivity contribution in [3.05, 3.63) is 60.2 Å². The molecule has 0 aliphatic carbocycles. The molecule has 2 N–H and O–H groups in total. The van der Waals surface area contributed by atoms with Gasteiger partial charge in [0.2, 0.25) is 6.10 Å². The molecule has 1 unspecified atom stereocenters. The highest BCUT2D eigenvalue weighted by atomic mass is 16.6. The lowest BCUT2D eigenvalue weighted by molar-refractivity contribution is -0.141. The molecule has 5 nitrogen and oxygen atoms in total. The van der Waals surface area contributed by atoms with Crippen LogP contribution in [-0.4, -0.2) is 43.2 Å². The molecular weight excluding hydrogens is 304 g/mol. The number of rotatable bonds is 6. The largest absolute Gasteiger partial charge is 0.485 e. The second-order valence-electron chi connectivity index (χ2n) is 5.71. The van der Waals surface area contributed by atoms with Gasteiger partial charge < -0.3 is 20.1 Å². The molecule has 0 fully saturated rings. The van der Waals surface area contributed by atoms with E-state index in [0.717, 1.165) is 6.42 Å². The van der Waals surface area contributed by atoms with Gasteiger partial charge in [-0.25, -0.2) is 0 Å². The van der Waals surface area contributed by atoms with Crippen LogP contribution in [0.2, 0.25) is 0 Å². The van der Waals surface area contributed by atoms with E-state index in [4.69, 9.17) is 15.2 Å². The van der Waals surface area contributed by atoms with E-state index >= 15 is 0 Å².